The van der Waals surface area contributed by atoms with Crippen LogP contribution < -0.4 is 10.6 Å². The van der Waals surface area contributed by atoms with Crippen molar-refractivity contribution in [3.05, 3.63) is 63.7 Å². The Kier molecular flexibility index (Phi) is 9.19. The molecule has 0 aliphatic heterocycles. The van der Waals surface area contributed by atoms with Crippen LogP contribution in [0, 0.1) is 0 Å². The first-order valence-electron chi connectivity index (χ1n) is 9.92. The molecule has 5 nitrogen and oxygen atoms in total. The van der Waals surface area contributed by atoms with Crippen molar-refractivity contribution in [2.75, 3.05) is 23.9 Å². The van der Waals surface area contributed by atoms with Gasteiger partial charge in [0.1, 0.15) is 5.75 Å². The van der Waals surface area contributed by atoms with Crippen LogP contribution in [-0.4, -0.2) is 40.0 Å². The maximum Gasteiger partial charge on any atom is 0.423 e. The summed E-state index contributed by atoms with van der Waals surface area (Å²) in [4.78, 5) is 11.6. The fraction of sp³-hybridized carbons (Fsp3) is 0.381. The minimum Gasteiger partial charge on any atom is -0.381 e. The van der Waals surface area contributed by atoms with E-state index in [1.54, 1.807) is 0 Å². The zero-order valence-electron chi connectivity index (χ0n) is 18.5. The van der Waals surface area contributed by atoms with E-state index >= 15 is 0 Å². The summed E-state index contributed by atoms with van der Waals surface area (Å²) >= 11 is 6.03. The van der Waals surface area contributed by atoms with Crippen LogP contribution in [0.5, 0.6) is 0 Å². The van der Waals surface area contributed by atoms with E-state index < -0.39 is 64.1 Å². The normalized spacial score (nSPS) is 15.1. The standard InChI is InChI=1S/C21H18ClF9N2O3S/c1-37(36)9-17(34)32-8-11-2-3-15(7-16(11)22)33-10-18(35,21(29,30)31)12-4-13(19(23,24)25)6-14(5-12)20(26,27)28/h2-7,33,35H,8-10H2,1H3,(H,32,34)/t18-,37+/m1/s1. The van der Waals surface area contributed by atoms with Gasteiger partial charge in [-0.1, -0.05) is 17.7 Å². The number of hydrogen-bond acceptors (Lipinski definition) is 4. The van der Waals surface area contributed by atoms with Gasteiger partial charge in [0.15, 0.2) is 0 Å². The molecule has 0 aliphatic carbocycles. The van der Waals surface area contributed by atoms with Gasteiger partial charge in [-0.2, -0.15) is 39.5 Å². The van der Waals surface area contributed by atoms with Crippen molar-refractivity contribution in [3.63, 3.8) is 0 Å². The molecule has 1 amide bonds. The van der Waals surface area contributed by atoms with Crippen LogP contribution in [0.25, 0.3) is 0 Å². The van der Waals surface area contributed by atoms with E-state index in [1.807, 2.05) is 0 Å². The first-order chi connectivity index (χ1) is 16.7. The molecule has 206 valence electrons. The molecule has 2 aromatic rings. The number of anilines is 1. The third-order valence-corrected chi connectivity index (χ3v) is 5.97. The summed E-state index contributed by atoms with van der Waals surface area (Å²) < 4.78 is 131. The van der Waals surface area contributed by atoms with E-state index in [0.717, 1.165) is 12.1 Å². The lowest BCUT2D eigenvalue weighted by Crippen LogP contribution is -2.48. The maximum absolute atomic E-state index is 13.8. The second-order valence-electron chi connectivity index (χ2n) is 7.81. The summed E-state index contributed by atoms with van der Waals surface area (Å²) in [6, 6.07) is 2.75. The second kappa shape index (κ2) is 11.1. The molecule has 16 heteroatoms. The average molecular weight is 585 g/mol. The van der Waals surface area contributed by atoms with Gasteiger partial charge in [0.2, 0.25) is 11.5 Å². The lowest BCUT2D eigenvalue weighted by molar-refractivity contribution is -0.261. The van der Waals surface area contributed by atoms with Crippen LogP contribution in [-0.2, 0) is 40.1 Å². The maximum atomic E-state index is 13.8. The number of rotatable bonds is 8. The van der Waals surface area contributed by atoms with E-state index in [-0.39, 0.29) is 41.2 Å². The zero-order chi connectivity index (χ0) is 28.4. The van der Waals surface area contributed by atoms with E-state index in [2.05, 4.69) is 10.6 Å². The number of hydrogen-bond donors (Lipinski definition) is 3. The summed E-state index contributed by atoms with van der Waals surface area (Å²) in [5, 5.41) is 14.8. The predicted octanol–water partition coefficient (Wildman–Crippen LogP) is 5.23. The average Bonchev–Trinajstić information content (AvgIpc) is 2.74. The van der Waals surface area contributed by atoms with Crippen molar-refractivity contribution in [2.24, 2.45) is 0 Å². The molecule has 0 heterocycles. The molecule has 37 heavy (non-hydrogen) atoms. The van der Waals surface area contributed by atoms with Gasteiger partial charge < -0.3 is 15.7 Å². The van der Waals surface area contributed by atoms with Crippen LogP contribution in [0.4, 0.5) is 45.2 Å². The van der Waals surface area contributed by atoms with Crippen molar-refractivity contribution in [1.29, 1.82) is 0 Å². The fourth-order valence-corrected chi connectivity index (χ4v) is 3.74. The molecule has 0 bridgehead atoms. The molecule has 0 radical (unpaired) electrons. The van der Waals surface area contributed by atoms with Gasteiger partial charge in [-0.3, -0.25) is 9.00 Å². The summed E-state index contributed by atoms with van der Waals surface area (Å²) in [6.07, 6.45) is -15.2. The van der Waals surface area contributed by atoms with Crippen LogP contribution >= 0.6 is 11.6 Å². The Labute approximate surface area is 211 Å². The molecule has 0 unspecified atom stereocenters. The van der Waals surface area contributed by atoms with E-state index in [0.29, 0.717) is 5.56 Å². The van der Waals surface area contributed by atoms with Gasteiger partial charge in [-0.05, 0) is 41.5 Å². The number of carbonyl (C=O) groups excluding carboxylic acids is 1. The minimum atomic E-state index is -5.69. The number of aliphatic hydroxyl groups is 1. The zero-order valence-corrected chi connectivity index (χ0v) is 20.1. The van der Waals surface area contributed by atoms with E-state index in [9.17, 15) is 53.6 Å². The first kappa shape index (κ1) is 30.7. The monoisotopic (exact) mass is 584 g/mol. The van der Waals surface area contributed by atoms with Crippen molar-refractivity contribution >= 4 is 34.0 Å². The molecule has 2 rings (SSSR count). The third kappa shape index (κ3) is 7.98. The minimum absolute atomic E-state index is 0.0723. The largest absolute Gasteiger partial charge is 0.423 e. The van der Waals surface area contributed by atoms with Crippen LogP contribution in [0.2, 0.25) is 5.02 Å². The van der Waals surface area contributed by atoms with E-state index in [4.69, 9.17) is 11.6 Å². The Morgan fingerprint density at radius 2 is 1.43 bits per heavy atom. The highest BCUT2D eigenvalue weighted by atomic mass is 35.5. The highest BCUT2D eigenvalue weighted by Crippen LogP contribution is 2.44. The van der Waals surface area contributed by atoms with Gasteiger partial charge in [0, 0.05) is 34.3 Å². The number of nitrogens with one attached hydrogen (secondary N) is 2. The lowest BCUT2D eigenvalue weighted by atomic mass is 9.89. The number of alkyl halides is 9. The molecule has 2 aromatic carbocycles. The van der Waals surface area contributed by atoms with Crippen molar-refractivity contribution in [2.45, 2.75) is 30.7 Å². The molecule has 0 aromatic heterocycles. The smallest absolute Gasteiger partial charge is 0.381 e. The summed E-state index contributed by atoms with van der Waals surface area (Å²) in [5.41, 5.74) is -9.76. The van der Waals surface area contributed by atoms with Gasteiger partial charge in [-0.25, -0.2) is 0 Å². The molecule has 0 spiro atoms. The SMILES string of the molecule is C[S@](=O)CC(=O)NCc1ccc(NC[C@@](O)(c2cc(C(F)(F)F)cc(C(F)(F)F)c2)C(F)(F)F)cc1Cl. The van der Waals surface area contributed by atoms with Crippen LogP contribution in [0.15, 0.2) is 36.4 Å². The topological polar surface area (TPSA) is 78.4 Å². The number of halogens is 10. The van der Waals surface area contributed by atoms with Crippen molar-refractivity contribution < 1.29 is 53.6 Å². The number of benzene rings is 2. The van der Waals surface area contributed by atoms with Gasteiger partial charge in [0.25, 0.3) is 0 Å². The molecule has 0 fully saturated rings. The third-order valence-electron chi connectivity index (χ3n) is 4.95. The summed E-state index contributed by atoms with van der Waals surface area (Å²) in [5.74, 6) is -0.840. The highest BCUT2D eigenvalue weighted by Gasteiger charge is 2.56. The lowest BCUT2D eigenvalue weighted by Gasteiger charge is -2.32. The molecule has 0 saturated carbocycles. The van der Waals surface area contributed by atoms with Crippen LogP contribution in [0.3, 0.4) is 0 Å². The quantitative estimate of drug-likeness (QED) is 0.371. The van der Waals surface area contributed by atoms with Crippen molar-refractivity contribution in [3.8, 4) is 0 Å². The second-order valence-corrected chi connectivity index (χ2v) is 9.65. The molecule has 3 N–H and O–H groups in total. The van der Waals surface area contributed by atoms with Crippen LogP contribution in [0.1, 0.15) is 22.3 Å². The molecule has 0 aliphatic rings. The Balaban J connectivity index is 2.36. The van der Waals surface area contributed by atoms with E-state index in [1.165, 1.54) is 12.3 Å². The molecular weight excluding hydrogens is 567 g/mol. The van der Waals surface area contributed by atoms with Gasteiger partial charge >= 0.3 is 18.5 Å². The molecular formula is C21H18ClF9N2O3S. The highest BCUT2D eigenvalue weighted by molar-refractivity contribution is 7.85. The Morgan fingerprint density at radius 3 is 1.86 bits per heavy atom. The Morgan fingerprint density at radius 1 is 0.919 bits per heavy atom. The summed E-state index contributed by atoms with van der Waals surface area (Å²) in [7, 11) is -1.41. The Hall–Kier alpha value is -2.52. The van der Waals surface area contributed by atoms with Gasteiger partial charge in [0.05, 0.1) is 17.7 Å². The Bertz CT molecular complexity index is 1140. The summed E-state index contributed by atoms with van der Waals surface area (Å²) in [6.45, 7) is -1.70. The predicted molar refractivity (Wildman–Crippen MR) is 117 cm³/mol. The molecule has 2 atom stereocenters. The van der Waals surface area contributed by atoms with Gasteiger partial charge in [-0.15, -0.1) is 0 Å². The number of amides is 1. The first-order valence-corrected chi connectivity index (χ1v) is 12.0. The fourth-order valence-electron chi connectivity index (χ4n) is 3.02. The van der Waals surface area contributed by atoms with Crippen molar-refractivity contribution in [1.82, 2.24) is 5.32 Å². The molecule has 0 saturated heterocycles. The number of carbonyl (C=O) groups is 1.